The minimum atomic E-state index is -0.0535. The van der Waals surface area contributed by atoms with Crippen LogP contribution in [-0.4, -0.2) is 35.0 Å². The molecule has 0 bridgehead atoms. The van der Waals surface area contributed by atoms with E-state index in [0.29, 0.717) is 11.7 Å². The smallest absolute Gasteiger partial charge is 0.315 e. The number of amides is 3. The maximum atomic E-state index is 12.2. The van der Waals surface area contributed by atoms with Crippen LogP contribution in [0.25, 0.3) is 0 Å². The van der Waals surface area contributed by atoms with Gasteiger partial charge in [-0.3, -0.25) is 4.79 Å². The summed E-state index contributed by atoms with van der Waals surface area (Å²) >= 11 is 1.91. The first-order valence-corrected chi connectivity index (χ1v) is 11.3. The third-order valence-electron chi connectivity index (χ3n) is 5.27. The molecule has 3 amide bonds. The van der Waals surface area contributed by atoms with Gasteiger partial charge in [-0.1, -0.05) is 24.6 Å². The topological polar surface area (TPSA) is 95.0 Å². The molecule has 2 aliphatic heterocycles. The quantitative estimate of drug-likeness (QED) is 0.324. The molecule has 2 saturated heterocycles. The molecule has 0 radical (unpaired) electrons. The molecule has 2 aromatic carbocycles. The van der Waals surface area contributed by atoms with E-state index in [9.17, 15) is 9.59 Å². The molecule has 156 valence electrons. The molecule has 2 fully saturated rings. The van der Waals surface area contributed by atoms with Crippen LogP contribution >= 0.6 is 11.8 Å². The number of urea groups is 1. The summed E-state index contributed by atoms with van der Waals surface area (Å²) < 4.78 is 0. The van der Waals surface area contributed by atoms with Gasteiger partial charge >= 0.3 is 6.03 Å². The highest BCUT2D eigenvalue weighted by Crippen LogP contribution is 2.33. The summed E-state index contributed by atoms with van der Waals surface area (Å²) in [7, 11) is 0. The SMILES string of the molecule is O=C(CCCCC1SCC2NC(=O)NC21)Nc1ccc(/N=N/c2ccccc2)cc1. The van der Waals surface area contributed by atoms with Gasteiger partial charge in [0.2, 0.25) is 5.91 Å². The number of hydrogen-bond acceptors (Lipinski definition) is 5. The predicted octanol–water partition coefficient (Wildman–Crippen LogP) is 4.77. The van der Waals surface area contributed by atoms with E-state index in [1.807, 2.05) is 66.4 Å². The van der Waals surface area contributed by atoms with E-state index >= 15 is 0 Å². The summed E-state index contributed by atoms with van der Waals surface area (Å²) in [5, 5.41) is 17.7. The second-order valence-corrected chi connectivity index (χ2v) is 8.77. The number of azo groups is 1. The van der Waals surface area contributed by atoms with Crippen LogP contribution in [0, 0.1) is 0 Å². The Morgan fingerprint density at radius 1 is 1.00 bits per heavy atom. The predicted molar refractivity (Wildman–Crippen MR) is 120 cm³/mol. The minimum Gasteiger partial charge on any atom is -0.332 e. The zero-order valence-corrected chi connectivity index (χ0v) is 17.4. The molecule has 0 aliphatic carbocycles. The Morgan fingerprint density at radius 3 is 2.50 bits per heavy atom. The highest BCUT2D eigenvalue weighted by Gasteiger charge is 2.42. The zero-order chi connectivity index (χ0) is 20.8. The molecular weight excluding hydrogens is 398 g/mol. The monoisotopic (exact) mass is 423 g/mol. The molecule has 3 N–H and O–H groups in total. The van der Waals surface area contributed by atoms with E-state index < -0.39 is 0 Å². The minimum absolute atomic E-state index is 0.0152. The molecule has 3 atom stereocenters. The van der Waals surface area contributed by atoms with Gasteiger partial charge in [-0.2, -0.15) is 22.0 Å². The summed E-state index contributed by atoms with van der Waals surface area (Å²) in [5.41, 5.74) is 2.29. The van der Waals surface area contributed by atoms with Crippen LogP contribution in [0.5, 0.6) is 0 Å². The molecule has 0 aromatic heterocycles. The van der Waals surface area contributed by atoms with Gasteiger partial charge in [-0.15, -0.1) is 0 Å². The molecule has 0 saturated carbocycles. The van der Waals surface area contributed by atoms with Crippen molar-refractivity contribution in [3.05, 3.63) is 54.6 Å². The van der Waals surface area contributed by atoms with Gasteiger partial charge in [0.05, 0.1) is 23.5 Å². The summed E-state index contributed by atoms with van der Waals surface area (Å²) in [4.78, 5) is 23.6. The van der Waals surface area contributed by atoms with Crippen LogP contribution < -0.4 is 16.0 Å². The fourth-order valence-electron chi connectivity index (χ4n) is 3.72. The first-order chi connectivity index (χ1) is 14.7. The molecule has 30 heavy (non-hydrogen) atoms. The van der Waals surface area contributed by atoms with Gasteiger partial charge in [-0.25, -0.2) is 4.79 Å². The van der Waals surface area contributed by atoms with Crippen molar-refractivity contribution in [3.63, 3.8) is 0 Å². The number of fused-ring (bicyclic) bond motifs is 1. The summed E-state index contributed by atoms with van der Waals surface area (Å²) in [6.45, 7) is 0. The van der Waals surface area contributed by atoms with E-state index in [0.717, 1.165) is 42.1 Å². The van der Waals surface area contributed by atoms with E-state index in [4.69, 9.17) is 0 Å². The van der Waals surface area contributed by atoms with E-state index in [1.54, 1.807) is 0 Å². The normalized spacial score (nSPS) is 22.5. The van der Waals surface area contributed by atoms with Crippen molar-refractivity contribution in [2.75, 3.05) is 11.1 Å². The zero-order valence-electron chi connectivity index (χ0n) is 16.6. The number of unbranched alkanes of at least 4 members (excludes halogenated alkanes) is 1. The Hall–Kier alpha value is -2.87. The van der Waals surface area contributed by atoms with Crippen molar-refractivity contribution in [2.45, 2.75) is 43.0 Å². The Morgan fingerprint density at radius 2 is 1.73 bits per heavy atom. The Kier molecular flexibility index (Phi) is 6.63. The van der Waals surface area contributed by atoms with Gasteiger partial charge in [0.1, 0.15) is 0 Å². The van der Waals surface area contributed by atoms with Crippen LogP contribution in [0.15, 0.2) is 64.8 Å². The standard InChI is InChI=1S/C22H25N5O2S/c28-20(9-5-4-8-19-21-18(14-30-19)24-22(29)25-21)23-15-10-12-17(13-11-15)27-26-16-6-2-1-3-7-16/h1-3,6-7,10-13,18-19,21H,4-5,8-9,14H2,(H,23,28)(H2,24,25,29)/b27-26+. The van der Waals surface area contributed by atoms with Gasteiger partial charge in [0.25, 0.3) is 0 Å². The molecular formula is C22H25N5O2S. The number of benzene rings is 2. The number of rotatable bonds is 8. The number of nitrogens with one attached hydrogen (secondary N) is 3. The van der Waals surface area contributed by atoms with Crippen molar-refractivity contribution in [2.24, 2.45) is 10.2 Å². The molecule has 3 unspecified atom stereocenters. The second kappa shape index (κ2) is 9.75. The largest absolute Gasteiger partial charge is 0.332 e. The van der Waals surface area contributed by atoms with Crippen molar-refractivity contribution in [1.29, 1.82) is 0 Å². The number of hydrogen-bond donors (Lipinski definition) is 3. The first kappa shape index (κ1) is 20.4. The summed E-state index contributed by atoms with van der Waals surface area (Å²) in [5.74, 6) is 0.983. The fourth-order valence-corrected chi connectivity index (χ4v) is 5.26. The second-order valence-electron chi connectivity index (χ2n) is 7.50. The number of anilines is 1. The molecule has 2 heterocycles. The average Bonchev–Trinajstić information content (AvgIpc) is 3.31. The summed E-state index contributed by atoms with van der Waals surface area (Å²) in [6.07, 6.45) is 3.32. The maximum Gasteiger partial charge on any atom is 0.315 e. The van der Waals surface area contributed by atoms with Crippen molar-refractivity contribution >= 4 is 40.8 Å². The summed E-state index contributed by atoms with van der Waals surface area (Å²) in [6, 6.07) is 17.3. The fraction of sp³-hybridized carbons (Fsp3) is 0.364. The van der Waals surface area contributed by atoms with Gasteiger partial charge in [0.15, 0.2) is 0 Å². The van der Waals surface area contributed by atoms with Crippen LogP contribution in [0.1, 0.15) is 25.7 Å². The van der Waals surface area contributed by atoms with Gasteiger partial charge in [-0.05, 0) is 49.2 Å². The molecule has 2 aromatic rings. The molecule has 0 spiro atoms. The highest BCUT2D eigenvalue weighted by atomic mass is 32.2. The lowest BCUT2D eigenvalue weighted by Gasteiger charge is -2.16. The number of nitrogens with zero attached hydrogens (tertiary/aromatic N) is 2. The molecule has 8 heteroatoms. The van der Waals surface area contributed by atoms with Crippen LogP contribution in [0.3, 0.4) is 0 Å². The van der Waals surface area contributed by atoms with Crippen LogP contribution in [-0.2, 0) is 4.79 Å². The highest BCUT2D eigenvalue weighted by molar-refractivity contribution is 8.00. The molecule has 4 rings (SSSR count). The van der Waals surface area contributed by atoms with Crippen molar-refractivity contribution < 1.29 is 9.59 Å². The lowest BCUT2D eigenvalue weighted by atomic mass is 10.0. The maximum absolute atomic E-state index is 12.2. The van der Waals surface area contributed by atoms with E-state index in [-0.39, 0.29) is 24.0 Å². The number of carbonyl (C=O) groups is 2. The van der Waals surface area contributed by atoms with Gasteiger partial charge < -0.3 is 16.0 Å². The van der Waals surface area contributed by atoms with Crippen molar-refractivity contribution in [3.8, 4) is 0 Å². The average molecular weight is 424 g/mol. The van der Waals surface area contributed by atoms with E-state index in [1.165, 1.54) is 0 Å². The first-order valence-electron chi connectivity index (χ1n) is 10.2. The van der Waals surface area contributed by atoms with E-state index in [2.05, 4.69) is 26.2 Å². The van der Waals surface area contributed by atoms with Gasteiger partial charge in [0, 0.05) is 23.1 Å². The Bertz CT molecular complexity index is 904. The lowest BCUT2D eigenvalue weighted by molar-refractivity contribution is -0.116. The molecule has 7 nitrogen and oxygen atoms in total. The Labute approximate surface area is 180 Å². The molecule has 2 aliphatic rings. The third kappa shape index (κ3) is 5.38. The number of carbonyl (C=O) groups excluding carboxylic acids is 2. The van der Waals surface area contributed by atoms with Crippen molar-refractivity contribution in [1.82, 2.24) is 10.6 Å². The lowest BCUT2D eigenvalue weighted by Crippen LogP contribution is -2.36. The third-order valence-corrected chi connectivity index (χ3v) is 6.78. The van der Waals surface area contributed by atoms with Crippen LogP contribution in [0.2, 0.25) is 0 Å². The number of thioether (sulfide) groups is 1. The Balaban J connectivity index is 1.16. The van der Waals surface area contributed by atoms with Crippen LogP contribution in [0.4, 0.5) is 21.9 Å².